The molecule has 0 spiro atoms. The summed E-state index contributed by atoms with van der Waals surface area (Å²) in [6, 6.07) is 6.19. The minimum absolute atomic E-state index is 0.00660. The number of piperazine rings is 1. The van der Waals surface area contributed by atoms with Crippen LogP contribution in [-0.4, -0.2) is 98.2 Å². The highest BCUT2D eigenvalue weighted by molar-refractivity contribution is 5.97. The molecule has 5 heterocycles. The number of aromatic nitrogens is 1. The molecule has 0 radical (unpaired) electrons. The van der Waals surface area contributed by atoms with Gasteiger partial charge in [0.2, 0.25) is 17.5 Å². The number of nitrogens with zero attached hydrogens (tertiary/aromatic N) is 4. The number of hydrogen-bond acceptors (Lipinski definition) is 6. The summed E-state index contributed by atoms with van der Waals surface area (Å²) in [6.07, 6.45) is -3.35. The van der Waals surface area contributed by atoms with Crippen molar-refractivity contribution < 1.29 is 46.2 Å². The van der Waals surface area contributed by atoms with Gasteiger partial charge in [0.25, 0.3) is 11.8 Å². The number of ether oxygens (including phenoxy) is 1. The van der Waals surface area contributed by atoms with Crippen LogP contribution < -0.4 is 5.32 Å². The van der Waals surface area contributed by atoms with Gasteiger partial charge in [0.15, 0.2) is 0 Å². The van der Waals surface area contributed by atoms with E-state index in [-0.39, 0.29) is 53.8 Å². The van der Waals surface area contributed by atoms with E-state index in [2.05, 4.69) is 5.32 Å². The quantitative estimate of drug-likeness (QED) is 0.394. The molecule has 15 heteroatoms. The van der Waals surface area contributed by atoms with E-state index in [9.17, 15) is 41.4 Å². The van der Waals surface area contributed by atoms with Crippen LogP contribution in [0.15, 0.2) is 54.7 Å². The molecule has 0 unspecified atom stereocenters. The van der Waals surface area contributed by atoms with Crippen molar-refractivity contribution >= 4 is 28.6 Å². The van der Waals surface area contributed by atoms with E-state index < -0.39 is 53.7 Å². The Morgan fingerprint density at radius 3 is 2.54 bits per heavy atom. The minimum atomic E-state index is -5.80. The first kappa shape index (κ1) is 33.1. The highest BCUT2D eigenvalue weighted by Crippen LogP contribution is 2.50. The zero-order chi connectivity index (χ0) is 35.5. The fourth-order valence-corrected chi connectivity index (χ4v) is 9.12. The molecule has 2 N–H and O–H groups in total. The number of halogens is 5. The number of aliphatic hydroxyl groups is 1. The number of amides is 3. The average Bonchev–Trinajstić information content (AvgIpc) is 3.76. The number of piperidine rings is 1. The summed E-state index contributed by atoms with van der Waals surface area (Å²) in [5.74, 6) is -4.92. The monoisotopic (exact) mass is 701 g/mol. The number of nitrogens with one attached hydrogen (secondary N) is 1. The highest BCUT2D eigenvalue weighted by Gasteiger charge is 2.70. The molecule has 1 aliphatic carbocycles. The smallest absolute Gasteiger partial charge is 0.347 e. The molecule has 1 aromatic heterocycles. The van der Waals surface area contributed by atoms with Gasteiger partial charge in [-0.15, -0.1) is 0 Å². The molecule has 0 saturated carbocycles. The fraction of sp³-hybridized carbons (Fsp3) is 0.514. The molecule has 4 aliphatic heterocycles. The predicted octanol–water partition coefficient (Wildman–Crippen LogP) is 3.67. The molecular weight excluding hydrogens is 665 g/mol. The first-order valence-corrected chi connectivity index (χ1v) is 16.8. The number of hydrogen-bond donors (Lipinski definition) is 2. The van der Waals surface area contributed by atoms with Gasteiger partial charge < -0.3 is 20.2 Å². The number of benzene rings is 2. The molecule has 50 heavy (non-hydrogen) atoms. The number of alkyl halides is 5. The Morgan fingerprint density at radius 1 is 1.08 bits per heavy atom. The molecular formula is C35H36F5N5O5. The number of likely N-dealkylation sites (tertiary alicyclic amines) is 1. The summed E-state index contributed by atoms with van der Waals surface area (Å²) in [5.41, 5.74) is -0.535. The normalized spacial score (nSPS) is 32.7. The van der Waals surface area contributed by atoms with Crippen LogP contribution in [0.25, 0.3) is 10.9 Å². The molecule has 3 amide bonds. The van der Waals surface area contributed by atoms with Crippen LogP contribution in [-0.2, 0) is 38.0 Å². The maximum Gasteiger partial charge on any atom is 0.475 e. The van der Waals surface area contributed by atoms with Crippen LogP contribution in [0.2, 0.25) is 0 Å². The largest absolute Gasteiger partial charge is 0.475 e. The highest BCUT2D eigenvalue weighted by atomic mass is 19.4. The first-order valence-electron chi connectivity index (χ1n) is 16.8. The van der Waals surface area contributed by atoms with Crippen molar-refractivity contribution in [1.82, 2.24) is 24.6 Å². The second-order valence-corrected chi connectivity index (χ2v) is 14.4. The standard InChI is InChI=1S/C35H36F5N5O5/c1-32(31(48)45-26(14-19-8-4-3-5-9-19)30(47)43-13-7-12-27(43)33(45,49)50-32)41-29(46)21-15-23-22-10-6-11-24-28(22)20(16-25(23)42(2)17-21)18-44(24)35(39,40)34(36,37)38/h3-6,8-11,18,21,23,25-27,49H,7,12-17H2,1-2H3,(H,41,46)/t21-,23-,25-,26+,27+,32-,33+/m1/s1. The molecule has 4 saturated heterocycles. The summed E-state index contributed by atoms with van der Waals surface area (Å²) < 4.78 is 75.7. The van der Waals surface area contributed by atoms with Gasteiger partial charge in [0.1, 0.15) is 12.1 Å². The number of rotatable bonds is 5. The van der Waals surface area contributed by atoms with Crippen molar-refractivity contribution in [1.29, 1.82) is 0 Å². The molecule has 2 aromatic carbocycles. The van der Waals surface area contributed by atoms with Gasteiger partial charge in [-0.2, -0.15) is 22.0 Å². The second kappa shape index (κ2) is 11.0. The maximum atomic E-state index is 14.6. The third-order valence-electron chi connectivity index (χ3n) is 11.4. The van der Waals surface area contributed by atoms with Crippen molar-refractivity contribution in [2.45, 2.75) is 86.9 Å². The van der Waals surface area contributed by atoms with Crippen LogP contribution in [0.4, 0.5) is 22.0 Å². The molecule has 3 aromatic rings. The van der Waals surface area contributed by atoms with Gasteiger partial charge in [-0.1, -0.05) is 42.5 Å². The summed E-state index contributed by atoms with van der Waals surface area (Å²) in [5, 5.41) is 15.1. The van der Waals surface area contributed by atoms with E-state index in [1.165, 1.54) is 19.1 Å². The fourth-order valence-electron chi connectivity index (χ4n) is 9.12. The second-order valence-electron chi connectivity index (χ2n) is 14.4. The van der Waals surface area contributed by atoms with Crippen molar-refractivity contribution in [2.24, 2.45) is 5.92 Å². The van der Waals surface area contributed by atoms with Crippen LogP contribution in [0.3, 0.4) is 0 Å². The van der Waals surface area contributed by atoms with Gasteiger partial charge >= 0.3 is 12.2 Å². The lowest BCUT2D eigenvalue weighted by Crippen LogP contribution is -2.71. The lowest BCUT2D eigenvalue weighted by molar-refractivity contribution is -0.322. The number of carbonyl (C=O) groups excluding carboxylic acids is 3. The number of carbonyl (C=O) groups is 3. The van der Waals surface area contributed by atoms with Crippen molar-refractivity contribution in [3.63, 3.8) is 0 Å². The SMILES string of the molecule is CN1C[C@H](C(=O)N[C@]2(C)O[C@@]3(O)[C@@H]4CCCN4C(=O)[C@H](Cc4ccccc4)N3C2=O)C[C@@H]2c3cccc4c3c(cn4C(F)(F)C(F)(F)F)C[C@H]21. The predicted molar refractivity (Wildman–Crippen MR) is 167 cm³/mol. The van der Waals surface area contributed by atoms with Crippen LogP contribution >= 0.6 is 0 Å². The van der Waals surface area contributed by atoms with Gasteiger partial charge in [0, 0.05) is 43.1 Å². The Bertz CT molecular complexity index is 1900. The van der Waals surface area contributed by atoms with Crippen molar-refractivity contribution in [3.8, 4) is 0 Å². The lowest BCUT2D eigenvalue weighted by Gasteiger charge is -2.48. The molecule has 8 rings (SSSR count). The molecule has 5 aliphatic rings. The minimum Gasteiger partial charge on any atom is -0.347 e. The molecule has 266 valence electrons. The molecule has 7 atom stereocenters. The van der Waals surface area contributed by atoms with E-state index >= 15 is 0 Å². The van der Waals surface area contributed by atoms with Crippen LogP contribution in [0.1, 0.15) is 48.8 Å². The van der Waals surface area contributed by atoms with Gasteiger partial charge in [-0.25, -0.2) is 0 Å². The summed E-state index contributed by atoms with van der Waals surface area (Å²) in [7, 11) is 1.76. The summed E-state index contributed by atoms with van der Waals surface area (Å²) in [6.45, 7) is 1.97. The van der Waals surface area contributed by atoms with Crippen LogP contribution in [0.5, 0.6) is 0 Å². The third-order valence-corrected chi connectivity index (χ3v) is 11.4. The van der Waals surface area contributed by atoms with E-state index in [0.717, 1.165) is 16.7 Å². The summed E-state index contributed by atoms with van der Waals surface area (Å²) >= 11 is 0. The van der Waals surface area contributed by atoms with Crippen LogP contribution in [0, 0.1) is 5.92 Å². The Labute approximate surface area is 283 Å². The topological polar surface area (TPSA) is 107 Å². The number of likely N-dealkylation sites (N-methyl/N-ethyl adjacent to an activating group) is 1. The van der Waals surface area contributed by atoms with Crippen molar-refractivity contribution in [3.05, 3.63) is 71.4 Å². The Balaban J connectivity index is 1.08. The first-order chi connectivity index (χ1) is 23.5. The van der Waals surface area contributed by atoms with Gasteiger partial charge in [-0.05, 0) is 62.4 Å². The van der Waals surface area contributed by atoms with E-state index in [1.807, 2.05) is 35.2 Å². The van der Waals surface area contributed by atoms with E-state index in [1.54, 1.807) is 18.0 Å². The molecule has 0 bridgehead atoms. The Hall–Kier alpha value is -4.08. The summed E-state index contributed by atoms with van der Waals surface area (Å²) in [4.78, 5) is 46.6. The Kier molecular flexibility index (Phi) is 7.25. The maximum absolute atomic E-state index is 14.6. The van der Waals surface area contributed by atoms with Gasteiger partial charge in [-0.3, -0.25) is 28.6 Å². The van der Waals surface area contributed by atoms with Gasteiger partial charge in [0.05, 0.1) is 11.4 Å². The average molecular weight is 702 g/mol. The van der Waals surface area contributed by atoms with Crippen molar-refractivity contribution in [2.75, 3.05) is 20.1 Å². The van der Waals surface area contributed by atoms with E-state index in [4.69, 9.17) is 4.74 Å². The zero-order valence-electron chi connectivity index (χ0n) is 27.3. The molecule has 10 nitrogen and oxygen atoms in total. The van der Waals surface area contributed by atoms with E-state index in [0.29, 0.717) is 35.9 Å². The Morgan fingerprint density at radius 2 is 1.82 bits per heavy atom. The molecule has 4 fully saturated rings. The zero-order valence-corrected chi connectivity index (χ0v) is 27.3. The number of fused-ring (bicyclic) bond motifs is 5. The lowest BCUT2D eigenvalue weighted by atomic mass is 9.72. The third kappa shape index (κ3) is 4.65.